The van der Waals surface area contributed by atoms with Crippen LogP contribution in [0.3, 0.4) is 0 Å². The fourth-order valence-electron chi connectivity index (χ4n) is 3.79. The molecule has 0 heterocycles. The maximum atomic E-state index is 11.2. The summed E-state index contributed by atoms with van der Waals surface area (Å²) in [6.07, 6.45) is 25.9. The number of ketones is 1. The van der Waals surface area contributed by atoms with Gasteiger partial charge in [-0.3, -0.25) is 4.79 Å². The maximum absolute atomic E-state index is 11.2. The number of Topliss-reactive ketones (excluding diaryl/α,β-unsaturated/α-hetero) is 1. The second-order valence-corrected chi connectivity index (χ2v) is 9.71. The number of aliphatic hydroxyl groups excluding tert-OH is 1. The van der Waals surface area contributed by atoms with Crippen LogP contribution in [-0.2, 0) is 4.79 Å². The Morgan fingerprint density at radius 1 is 0.818 bits per heavy atom. The molecule has 0 radical (unpaired) electrons. The summed E-state index contributed by atoms with van der Waals surface area (Å²) < 4.78 is 0. The normalized spacial score (nSPS) is 21.4. The van der Waals surface area contributed by atoms with Gasteiger partial charge in [0.05, 0.1) is 6.10 Å². The first kappa shape index (κ1) is 28.3. The summed E-state index contributed by atoms with van der Waals surface area (Å²) in [6, 6.07) is 0. The standard InChI is InChI=1S/C31H42O2/c1-23(13-9-10-14-24(2)17-12-18-26(4)28(6)32)15-11-16-25(3)19-20-30-27(5)21-29(33)22-31(30,7)8/h9-20,29,33H,21-22H2,1-8H3/b10-9-,15-11+,17-12+,20-19+,23-13+,24-14+,25-16-,26-18+. The zero-order valence-corrected chi connectivity index (χ0v) is 21.8. The molecule has 2 nitrogen and oxygen atoms in total. The lowest BCUT2D eigenvalue weighted by molar-refractivity contribution is -0.113. The van der Waals surface area contributed by atoms with E-state index in [9.17, 15) is 9.90 Å². The monoisotopic (exact) mass is 446 g/mol. The minimum atomic E-state index is -0.226. The second-order valence-electron chi connectivity index (χ2n) is 9.71. The molecule has 1 atom stereocenters. The maximum Gasteiger partial charge on any atom is 0.155 e. The molecule has 0 aromatic rings. The summed E-state index contributed by atoms with van der Waals surface area (Å²) in [5.74, 6) is 0.0947. The highest BCUT2D eigenvalue weighted by molar-refractivity contribution is 5.92. The van der Waals surface area contributed by atoms with Crippen molar-refractivity contribution >= 4 is 5.78 Å². The molecule has 0 aromatic heterocycles. The molecule has 178 valence electrons. The molecule has 2 heteroatoms. The molecule has 1 aliphatic rings. The van der Waals surface area contributed by atoms with E-state index < -0.39 is 0 Å². The lowest BCUT2D eigenvalue weighted by Gasteiger charge is -2.35. The third-order valence-electron chi connectivity index (χ3n) is 5.80. The molecule has 0 saturated carbocycles. The van der Waals surface area contributed by atoms with Crippen molar-refractivity contribution < 1.29 is 9.90 Å². The highest BCUT2D eigenvalue weighted by Gasteiger charge is 2.31. The van der Waals surface area contributed by atoms with Gasteiger partial charge in [-0.25, -0.2) is 0 Å². The summed E-state index contributed by atoms with van der Waals surface area (Å²) >= 11 is 0. The first-order valence-electron chi connectivity index (χ1n) is 11.7. The van der Waals surface area contributed by atoms with Gasteiger partial charge in [-0.2, -0.15) is 0 Å². The molecule has 1 N–H and O–H groups in total. The Bertz CT molecular complexity index is 966. The van der Waals surface area contributed by atoms with Crippen molar-refractivity contribution in [1.82, 2.24) is 0 Å². The summed E-state index contributed by atoms with van der Waals surface area (Å²) in [5, 5.41) is 10.0. The lowest BCUT2D eigenvalue weighted by atomic mass is 9.71. The topological polar surface area (TPSA) is 37.3 Å². The predicted octanol–water partition coefficient (Wildman–Crippen LogP) is 8.08. The fraction of sp³-hybridized carbons (Fsp3) is 0.387. The van der Waals surface area contributed by atoms with Gasteiger partial charge in [0.15, 0.2) is 5.78 Å². The van der Waals surface area contributed by atoms with Crippen molar-refractivity contribution in [3.05, 3.63) is 106 Å². The van der Waals surface area contributed by atoms with Gasteiger partial charge in [-0.15, -0.1) is 0 Å². The Kier molecular flexibility index (Phi) is 11.8. The van der Waals surface area contributed by atoms with E-state index in [-0.39, 0.29) is 17.3 Å². The van der Waals surface area contributed by atoms with Gasteiger partial charge in [-0.05, 0) is 70.9 Å². The summed E-state index contributed by atoms with van der Waals surface area (Å²) in [4.78, 5) is 11.2. The van der Waals surface area contributed by atoms with Crippen LogP contribution in [0, 0.1) is 5.41 Å². The Labute approximate surface area is 201 Å². The van der Waals surface area contributed by atoms with Gasteiger partial charge in [0.2, 0.25) is 0 Å². The molecule has 0 bridgehead atoms. The number of carbonyl (C=O) groups is 1. The van der Waals surface area contributed by atoms with Crippen LogP contribution in [0.1, 0.15) is 68.2 Å². The van der Waals surface area contributed by atoms with Crippen LogP contribution >= 0.6 is 0 Å². The molecular formula is C31H42O2. The summed E-state index contributed by atoms with van der Waals surface area (Å²) in [7, 11) is 0. The third kappa shape index (κ3) is 11.1. The third-order valence-corrected chi connectivity index (χ3v) is 5.80. The first-order chi connectivity index (χ1) is 15.4. The number of aliphatic hydroxyl groups is 1. The van der Waals surface area contributed by atoms with Crippen molar-refractivity contribution in [1.29, 1.82) is 0 Å². The number of hydrogen-bond donors (Lipinski definition) is 1. The zero-order valence-electron chi connectivity index (χ0n) is 21.8. The van der Waals surface area contributed by atoms with Crippen molar-refractivity contribution in [3.63, 3.8) is 0 Å². The molecule has 1 aliphatic carbocycles. The Morgan fingerprint density at radius 2 is 1.30 bits per heavy atom. The first-order valence-corrected chi connectivity index (χ1v) is 11.7. The quantitative estimate of drug-likeness (QED) is 0.287. The molecule has 1 unspecified atom stereocenters. The SMILES string of the molecule is CC(=O)/C(C)=C/C=C/C(C)=C/C=C\C=C(C)\C=C\C=C(C)/C=C/C1=C(C)CC(O)CC1(C)C. The highest BCUT2D eigenvalue weighted by atomic mass is 16.3. The van der Waals surface area contributed by atoms with Crippen molar-refractivity contribution in [2.24, 2.45) is 5.41 Å². The molecule has 1 rings (SSSR count). The predicted molar refractivity (Wildman–Crippen MR) is 144 cm³/mol. The van der Waals surface area contributed by atoms with Crippen LogP contribution in [-0.4, -0.2) is 17.0 Å². The van der Waals surface area contributed by atoms with Crippen molar-refractivity contribution in [3.8, 4) is 0 Å². The van der Waals surface area contributed by atoms with Crippen molar-refractivity contribution in [2.45, 2.75) is 74.3 Å². The average molecular weight is 447 g/mol. The van der Waals surface area contributed by atoms with Gasteiger partial charge < -0.3 is 5.11 Å². The lowest BCUT2D eigenvalue weighted by Crippen LogP contribution is -2.28. The van der Waals surface area contributed by atoms with Gasteiger partial charge in [0.25, 0.3) is 0 Å². The van der Waals surface area contributed by atoms with Crippen LogP contribution in [0.25, 0.3) is 0 Å². The molecule has 0 aromatic carbocycles. The van der Waals surface area contributed by atoms with Crippen LogP contribution in [0.15, 0.2) is 106 Å². The highest BCUT2D eigenvalue weighted by Crippen LogP contribution is 2.41. The van der Waals surface area contributed by atoms with Crippen molar-refractivity contribution in [2.75, 3.05) is 0 Å². The van der Waals surface area contributed by atoms with Crippen LogP contribution in [0.5, 0.6) is 0 Å². The fourth-order valence-corrected chi connectivity index (χ4v) is 3.79. The Morgan fingerprint density at radius 3 is 1.82 bits per heavy atom. The minimum absolute atomic E-state index is 0.00676. The minimum Gasteiger partial charge on any atom is -0.393 e. The number of rotatable bonds is 9. The van der Waals surface area contributed by atoms with E-state index in [2.05, 4.69) is 71.1 Å². The zero-order chi connectivity index (χ0) is 25.0. The van der Waals surface area contributed by atoms with Gasteiger partial charge in [0.1, 0.15) is 0 Å². The largest absolute Gasteiger partial charge is 0.393 e. The average Bonchev–Trinajstić information content (AvgIpc) is 2.69. The molecule has 0 fully saturated rings. The summed E-state index contributed by atoms with van der Waals surface area (Å²) in [5.41, 5.74) is 6.86. The van der Waals surface area contributed by atoms with Crippen LogP contribution in [0.4, 0.5) is 0 Å². The van der Waals surface area contributed by atoms with Gasteiger partial charge in [0, 0.05) is 0 Å². The van der Waals surface area contributed by atoms with Gasteiger partial charge in [-0.1, -0.05) is 109 Å². The molecule has 0 spiro atoms. The summed E-state index contributed by atoms with van der Waals surface area (Å²) in [6.45, 7) is 16.2. The van der Waals surface area contributed by atoms with E-state index in [0.717, 1.165) is 24.0 Å². The van der Waals surface area contributed by atoms with E-state index in [1.165, 1.54) is 22.3 Å². The molecule has 0 aliphatic heterocycles. The second kappa shape index (κ2) is 13.7. The molecule has 33 heavy (non-hydrogen) atoms. The Hall–Kier alpha value is -2.71. The number of hydrogen-bond acceptors (Lipinski definition) is 2. The van der Waals surface area contributed by atoms with Crippen LogP contribution < -0.4 is 0 Å². The van der Waals surface area contributed by atoms with E-state index in [0.29, 0.717) is 0 Å². The Balaban J connectivity index is 2.68. The van der Waals surface area contributed by atoms with E-state index in [1.807, 2.05) is 50.3 Å². The van der Waals surface area contributed by atoms with E-state index in [1.54, 1.807) is 6.92 Å². The molecule has 0 amide bonds. The molecule has 0 saturated heterocycles. The number of allylic oxidation sites excluding steroid dienone is 17. The number of carbonyl (C=O) groups excluding carboxylic acids is 1. The van der Waals surface area contributed by atoms with E-state index >= 15 is 0 Å². The van der Waals surface area contributed by atoms with Gasteiger partial charge >= 0.3 is 0 Å². The van der Waals surface area contributed by atoms with E-state index in [4.69, 9.17) is 0 Å². The van der Waals surface area contributed by atoms with Crippen LogP contribution in [0.2, 0.25) is 0 Å². The smallest absolute Gasteiger partial charge is 0.155 e. The molecular weight excluding hydrogens is 404 g/mol.